The van der Waals surface area contributed by atoms with Gasteiger partial charge in [-0.25, -0.2) is 0 Å². The van der Waals surface area contributed by atoms with Crippen LogP contribution >= 0.6 is 0 Å². The molecule has 0 bridgehead atoms. The van der Waals surface area contributed by atoms with Gasteiger partial charge in [-0.1, -0.05) is 24.3 Å². The fourth-order valence-corrected chi connectivity index (χ4v) is 2.63. The zero-order chi connectivity index (χ0) is 17.9. The van der Waals surface area contributed by atoms with E-state index in [2.05, 4.69) is 11.6 Å². The lowest BCUT2D eigenvalue weighted by Crippen LogP contribution is -2.33. The van der Waals surface area contributed by atoms with E-state index in [4.69, 9.17) is 4.74 Å². The van der Waals surface area contributed by atoms with Gasteiger partial charge in [-0.15, -0.1) is 6.58 Å². The number of H-pyrrole nitrogens is 1. The van der Waals surface area contributed by atoms with E-state index in [-0.39, 0.29) is 6.42 Å². The number of para-hydroxylation sites is 1. The minimum Gasteiger partial charge on any atom is -0.481 e. The topological polar surface area (TPSA) is 79.4 Å². The highest BCUT2D eigenvalue weighted by Gasteiger charge is 2.32. The van der Waals surface area contributed by atoms with E-state index in [0.29, 0.717) is 6.42 Å². The van der Waals surface area contributed by atoms with Gasteiger partial charge < -0.3 is 14.8 Å². The Balaban J connectivity index is 2.32. The van der Waals surface area contributed by atoms with Crippen molar-refractivity contribution in [2.24, 2.45) is 5.92 Å². The fraction of sp³-hybridized carbons (Fsp3) is 0.368. The summed E-state index contributed by atoms with van der Waals surface area (Å²) >= 11 is 0. The van der Waals surface area contributed by atoms with Gasteiger partial charge in [-0.05, 0) is 44.7 Å². The quantitative estimate of drug-likeness (QED) is 0.483. The Hall–Kier alpha value is -2.56. The lowest BCUT2D eigenvalue weighted by atomic mass is 9.97. The van der Waals surface area contributed by atoms with Crippen molar-refractivity contribution in [1.29, 1.82) is 0 Å². The summed E-state index contributed by atoms with van der Waals surface area (Å²) in [5.74, 6) is -3.13. The molecule has 24 heavy (non-hydrogen) atoms. The minimum absolute atomic E-state index is 0.0851. The Morgan fingerprint density at radius 1 is 1.33 bits per heavy atom. The molecule has 0 radical (unpaired) electrons. The Kier molecular flexibility index (Phi) is 5.12. The zero-order valence-corrected chi connectivity index (χ0v) is 14.3. The molecular weight excluding hydrogens is 306 g/mol. The first-order valence-corrected chi connectivity index (χ1v) is 7.87. The largest absolute Gasteiger partial charge is 0.481 e. The monoisotopic (exact) mass is 329 g/mol. The number of aromatic amines is 1. The molecule has 2 aromatic rings. The van der Waals surface area contributed by atoms with Crippen LogP contribution in [0.1, 0.15) is 31.9 Å². The van der Waals surface area contributed by atoms with Gasteiger partial charge in [-0.2, -0.15) is 0 Å². The van der Waals surface area contributed by atoms with E-state index >= 15 is 0 Å². The van der Waals surface area contributed by atoms with Gasteiger partial charge in [0.15, 0.2) is 5.92 Å². The van der Waals surface area contributed by atoms with Gasteiger partial charge in [0.2, 0.25) is 0 Å². The van der Waals surface area contributed by atoms with E-state index in [0.717, 1.165) is 22.0 Å². The number of benzene rings is 1. The second-order valence-corrected chi connectivity index (χ2v) is 6.77. The Morgan fingerprint density at radius 2 is 2.04 bits per heavy atom. The van der Waals surface area contributed by atoms with Crippen LogP contribution in [0.3, 0.4) is 0 Å². The van der Waals surface area contributed by atoms with Gasteiger partial charge in [0.05, 0.1) is 0 Å². The van der Waals surface area contributed by atoms with Crippen LogP contribution in [0.25, 0.3) is 10.9 Å². The average molecular weight is 329 g/mol. The molecule has 0 aliphatic rings. The third-order valence-electron chi connectivity index (χ3n) is 3.67. The normalized spacial score (nSPS) is 12.8. The third-order valence-corrected chi connectivity index (χ3v) is 3.67. The van der Waals surface area contributed by atoms with Crippen molar-refractivity contribution in [2.75, 3.05) is 0 Å². The number of rotatable bonds is 6. The smallest absolute Gasteiger partial charge is 0.321 e. The summed E-state index contributed by atoms with van der Waals surface area (Å²) in [7, 11) is 0. The Bertz CT molecular complexity index is 767. The number of esters is 1. The van der Waals surface area contributed by atoms with E-state index < -0.39 is 23.5 Å². The molecular formula is C19H23NO4. The lowest BCUT2D eigenvalue weighted by Gasteiger charge is -2.22. The number of carbonyl (C=O) groups excluding carboxylic acids is 1. The molecule has 2 rings (SSSR count). The van der Waals surface area contributed by atoms with Crippen LogP contribution in [0.2, 0.25) is 0 Å². The summed E-state index contributed by atoms with van der Waals surface area (Å²) in [6.45, 7) is 8.90. The number of ether oxygens (including phenoxy) is 1. The second kappa shape index (κ2) is 6.91. The maximum absolute atomic E-state index is 12.2. The SMILES string of the molecule is C=CCc1cccc2c(CC(C(=O)O)C(=O)OC(C)(C)C)c[nH]c12. The lowest BCUT2D eigenvalue weighted by molar-refractivity contribution is -0.166. The fourth-order valence-electron chi connectivity index (χ4n) is 2.63. The summed E-state index contributed by atoms with van der Waals surface area (Å²) in [6.07, 6.45) is 4.38. The highest BCUT2D eigenvalue weighted by Crippen LogP contribution is 2.25. The molecule has 1 unspecified atom stereocenters. The number of carbonyl (C=O) groups is 2. The van der Waals surface area contributed by atoms with Gasteiger partial charge in [0.25, 0.3) is 0 Å². The molecule has 5 heteroatoms. The second-order valence-electron chi connectivity index (χ2n) is 6.77. The van der Waals surface area contributed by atoms with Crippen molar-refractivity contribution in [2.45, 2.75) is 39.2 Å². The van der Waals surface area contributed by atoms with Crippen molar-refractivity contribution >= 4 is 22.8 Å². The standard InChI is InChI=1S/C19H23NO4/c1-5-7-12-8-6-9-14-13(11-20-16(12)14)10-15(17(21)22)18(23)24-19(2,3)4/h5-6,8-9,11,15,20H,1,7,10H2,2-4H3,(H,21,22). The molecule has 1 heterocycles. The molecule has 0 amide bonds. The van der Waals surface area contributed by atoms with E-state index in [9.17, 15) is 14.7 Å². The maximum Gasteiger partial charge on any atom is 0.321 e. The molecule has 0 saturated heterocycles. The number of hydrogen-bond donors (Lipinski definition) is 2. The van der Waals surface area contributed by atoms with E-state index in [1.807, 2.05) is 24.3 Å². The van der Waals surface area contributed by atoms with Crippen molar-refractivity contribution in [1.82, 2.24) is 4.98 Å². The van der Waals surface area contributed by atoms with E-state index in [1.54, 1.807) is 27.0 Å². The first kappa shape index (κ1) is 17.8. The van der Waals surface area contributed by atoms with Gasteiger partial charge in [0.1, 0.15) is 5.60 Å². The average Bonchev–Trinajstić information content (AvgIpc) is 2.87. The predicted octanol–water partition coefficient (Wildman–Crippen LogP) is 3.48. The molecule has 0 fully saturated rings. The van der Waals surface area contributed by atoms with Crippen LogP contribution < -0.4 is 0 Å². The van der Waals surface area contributed by atoms with Gasteiger partial charge >= 0.3 is 11.9 Å². The number of aromatic nitrogens is 1. The molecule has 2 N–H and O–H groups in total. The first-order valence-electron chi connectivity index (χ1n) is 7.87. The molecule has 1 aromatic carbocycles. The molecule has 0 saturated carbocycles. The molecule has 1 atom stereocenters. The highest BCUT2D eigenvalue weighted by molar-refractivity contribution is 5.95. The van der Waals surface area contributed by atoms with Crippen molar-refractivity contribution in [3.8, 4) is 0 Å². The first-order chi connectivity index (χ1) is 11.2. The molecule has 1 aromatic heterocycles. The molecule has 0 aliphatic carbocycles. The van der Waals surface area contributed by atoms with Crippen molar-refractivity contribution in [3.05, 3.63) is 48.2 Å². The van der Waals surface area contributed by atoms with Gasteiger partial charge in [-0.3, -0.25) is 9.59 Å². The summed E-state index contributed by atoms with van der Waals surface area (Å²) in [6, 6.07) is 5.83. The summed E-state index contributed by atoms with van der Waals surface area (Å²) < 4.78 is 5.24. The van der Waals surface area contributed by atoms with Crippen LogP contribution in [0.15, 0.2) is 37.1 Å². The molecule has 0 spiro atoms. The van der Waals surface area contributed by atoms with Crippen molar-refractivity contribution < 1.29 is 19.4 Å². The zero-order valence-electron chi connectivity index (χ0n) is 14.3. The number of nitrogens with one attached hydrogen (secondary N) is 1. The summed E-state index contributed by atoms with van der Waals surface area (Å²) in [5.41, 5.74) is 2.09. The van der Waals surface area contributed by atoms with Crippen LogP contribution in [0.4, 0.5) is 0 Å². The summed E-state index contributed by atoms with van der Waals surface area (Å²) in [5, 5.41) is 10.3. The highest BCUT2D eigenvalue weighted by atomic mass is 16.6. The number of carboxylic acid groups (broad SMARTS) is 1. The van der Waals surface area contributed by atoms with Crippen molar-refractivity contribution in [3.63, 3.8) is 0 Å². The molecule has 0 aliphatic heterocycles. The number of allylic oxidation sites excluding steroid dienone is 1. The van der Waals surface area contributed by atoms with Crippen LogP contribution in [-0.2, 0) is 27.2 Å². The third kappa shape index (κ3) is 4.04. The summed E-state index contributed by atoms with van der Waals surface area (Å²) in [4.78, 5) is 26.9. The predicted molar refractivity (Wildman–Crippen MR) is 92.9 cm³/mol. The maximum atomic E-state index is 12.2. The van der Waals surface area contributed by atoms with Crippen LogP contribution in [-0.4, -0.2) is 27.6 Å². The number of fused-ring (bicyclic) bond motifs is 1. The van der Waals surface area contributed by atoms with Crippen LogP contribution in [0.5, 0.6) is 0 Å². The Labute approximate surface area is 141 Å². The Morgan fingerprint density at radius 3 is 2.62 bits per heavy atom. The van der Waals surface area contributed by atoms with Gasteiger partial charge in [0, 0.05) is 17.1 Å². The number of aliphatic carboxylic acids is 1. The number of hydrogen-bond acceptors (Lipinski definition) is 3. The number of carboxylic acids is 1. The van der Waals surface area contributed by atoms with Crippen LogP contribution in [0, 0.1) is 5.92 Å². The molecule has 128 valence electrons. The molecule has 5 nitrogen and oxygen atoms in total. The minimum atomic E-state index is -1.23. The van der Waals surface area contributed by atoms with E-state index in [1.165, 1.54) is 0 Å².